The van der Waals surface area contributed by atoms with Crippen LogP contribution in [0.25, 0.3) is 0 Å². The topological polar surface area (TPSA) is 32.3 Å². The average molecular weight is 222 g/mol. The standard InChI is InChI=1S/C13H22N2O/c1-2-15(12-8-9-12)13(16)14-10-11-6-4-3-5-7-11/h3-4,11-12H,2,5-10H2,1H3,(H,14,16). The van der Waals surface area contributed by atoms with E-state index in [4.69, 9.17) is 0 Å². The molecule has 0 aromatic rings. The summed E-state index contributed by atoms with van der Waals surface area (Å²) >= 11 is 0. The van der Waals surface area contributed by atoms with Gasteiger partial charge in [0, 0.05) is 19.1 Å². The highest BCUT2D eigenvalue weighted by molar-refractivity contribution is 5.74. The molecular formula is C13H22N2O. The molecule has 16 heavy (non-hydrogen) atoms. The van der Waals surface area contributed by atoms with Crippen molar-refractivity contribution in [2.45, 2.75) is 45.1 Å². The molecule has 0 aromatic heterocycles. The maximum absolute atomic E-state index is 11.9. The number of amides is 2. The van der Waals surface area contributed by atoms with E-state index in [1.54, 1.807) is 0 Å². The van der Waals surface area contributed by atoms with Gasteiger partial charge in [-0.3, -0.25) is 0 Å². The minimum absolute atomic E-state index is 0.138. The fourth-order valence-electron chi connectivity index (χ4n) is 2.33. The zero-order valence-electron chi connectivity index (χ0n) is 10.1. The van der Waals surface area contributed by atoms with E-state index in [0.29, 0.717) is 12.0 Å². The van der Waals surface area contributed by atoms with Crippen molar-refractivity contribution in [3.63, 3.8) is 0 Å². The van der Waals surface area contributed by atoms with Gasteiger partial charge < -0.3 is 10.2 Å². The van der Waals surface area contributed by atoms with Crippen molar-refractivity contribution in [1.29, 1.82) is 0 Å². The molecule has 0 aromatic carbocycles. The van der Waals surface area contributed by atoms with Gasteiger partial charge >= 0.3 is 6.03 Å². The quantitative estimate of drug-likeness (QED) is 0.728. The molecule has 0 spiro atoms. The van der Waals surface area contributed by atoms with Crippen LogP contribution in [0.15, 0.2) is 12.2 Å². The molecule has 90 valence electrons. The lowest BCUT2D eigenvalue weighted by Gasteiger charge is -2.23. The molecule has 3 heteroatoms. The number of carbonyl (C=O) groups excluding carboxylic acids is 1. The SMILES string of the molecule is CCN(C(=O)NCC1CC=CCC1)C1CC1. The molecule has 0 radical (unpaired) electrons. The number of nitrogens with zero attached hydrogens (tertiary/aromatic N) is 1. The van der Waals surface area contributed by atoms with Crippen molar-refractivity contribution in [2.24, 2.45) is 5.92 Å². The maximum Gasteiger partial charge on any atom is 0.317 e. The summed E-state index contributed by atoms with van der Waals surface area (Å²) in [7, 11) is 0. The molecule has 2 rings (SSSR count). The van der Waals surface area contributed by atoms with E-state index in [-0.39, 0.29) is 6.03 Å². The van der Waals surface area contributed by atoms with Crippen LogP contribution in [0, 0.1) is 5.92 Å². The number of nitrogens with one attached hydrogen (secondary N) is 1. The average Bonchev–Trinajstić information content (AvgIpc) is 3.13. The van der Waals surface area contributed by atoms with Crippen molar-refractivity contribution in [2.75, 3.05) is 13.1 Å². The predicted molar refractivity (Wildman–Crippen MR) is 65.3 cm³/mol. The number of allylic oxidation sites excluding steroid dienone is 2. The van der Waals surface area contributed by atoms with Gasteiger partial charge in [-0.25, -0.2) is 4.79 Å². The second kappa shape index (κ2) is 5.37. The van der Waals surface area contributed by atoms with Gasteiger partial charge in [-0.2, -0.15) is 0 Å². The van der Waals surface area contributed by atoms with E-state index in [0.717, 1.165) is 19.5 Å². The van der Waals surface area contributed by atoms with Crippen LogP contribution in [0.3, 0.4) is 0 Å². The summed E-state index contributed by atoms with van der Waals surface area (Å²) in [5, 5.41) is 3.08. The van der Waals surface area contributed by atoms with Gasteiger partial charge in [-0.05, 0) is 44.9 Å². The second-order valence-corrected chi connectivity index (χ2v) is 4.85. The van der Waals surface area contributed by atoms with Crippen LogP contribution in [-0.2, 0) is 0 Å². The van der Waals surface area contributed by atoms with Gasteiger partial charge in [0.05, 0.1) is 0 Å². The Bertz CT molecular complexity index is 271. The van der Waals surface area contributed by atoms with E-state index in [9.17, 15) is 4.79 Å². The smallest absolute Gasteiger partial charge is 0.317 e. The number of carbonyl (C=O) groups is 1. The Morgan fingerprint density at radius 2 is 2.19 bits per heavy atom. The van der Waals surface area contributed by atoms with Crippen molar-refractivity contribution in [3.05, 3.63) is 12.2 Å². The Morgan fingerprint density at radius 3 is 2.75 bits per heavy atom. The van der Waals surface area contributed by atoms with Gasteiger partial charge in [0.2, 0.25) is 0 Å². The van der Waals surface area contributed by atoms with E-state index in [1.165, 1.54) is 25.7 Å². The lowest BCUT2D eigenvalue weighted by Crippen LogP contribution is -2.43. The van der Waals surface area contributed by atoms with Crippen LogP contribution < -0.4 is 5.32 Å². The summed E-state index contributed by atoms with van der Waals surface area (Å²) in [6.07, 6.45) is 10.4. The van der Waals surface area contributed by atoms with E-state index in [2.05, 4.69) is 24.4 Å². The minimum atomic E-state index is 0.138. The molecule has 1 saturated carbocycles. The normalized spacial score (nSPS) is 24.2. The Balaban J connectivity index is 1.71. The molecule has 0 aliphatic heterocycles. The van der Waals surface area contributed by atoms with Crippen LogP contribution in [0.2, 0.25) is 0 Å². The summed E-state index contributed by atoms with van der Waals surface area (Å²) in [5.41, 5.74) is 0. The van der Waals surface area contributed by atoms with E-state index < -0.39 is 0 Å². The van der Waals surface area contributed by atoms with Crippen molar-refractivity contribution in [3.8, 4) is 0 Å². The second-order valence-electron chi connectivity index (χ2n) is 4.85. The van der Waals surface area contributed by atoms with Crippen LogP contribution in [-0.4, -0.2) is 30.1 Å². The van der Waals surface area contributed by atoms with Crippen molar-refractivity contribution in [1.82, 2.24) is 10.2 Å². The highest BCUT2D eigenvalue weighted by atomic mass is 16.2. The summed E-state index contributed by atoms with van der Waals surface area (Å²) in [5.74, 6) is 0.645. The Kier molecular flexibility index (Phi) is 3.86. The fraction of sp³-hybridized carbons (Fsp3) is 0.769. The third-order valence-corrected chi connectivity index (χ3v) is 3.51. The number of hydrogen-bond acceptors (Lipinski definition) is 1. The van der Waals surface area contributed by atoms with Gasteiger partial charge in [-0.1, -0.05) is 12.2 Å². The molecule has 0 bridgehead atoms. The highest BCUT2D eigenvalue weighted by Crippen LogP contribution is 2.26. The fourth-order valence-corrected chi connectivity index (χ4v) is 2.33. The van der Waals surface area contributed by atoms with Gasteiger partial charge in [0.1, 0.15) is 0 Å². The number of hydrogen-bond donors (Lipinski definition) is 1. The van der Waals surface area contributed by atoms with Gasteiger partial charge in [0.15, 0.2) is 0 Å². The van der Waals surface area contributed by atoms with Crippen LogP contribution in [0.1, 0.15) is 39.0 Å². The zero-order chi connectivity index (χ0) is 11.4. The van der Waals surface area contributed by atoms with Crippen LogP contribution in [0.5, 0.6) is 0 Å². The minimum Gasteiger partial charge on any atom is -0.338 e. The summed E-state index contributed by atoms with van der Waals surface area (Å²) in [4.78, 5) is 13.9. The van der Waals surface area contributed by atoms with Crippen LogP contribution >= 0.6 is 0 Å². The molecule has 2 amide bonds. The summed E-state index contributed by atoms with van der Waals surface area (Å²) < 4.78 is 0. The molecule has 1 atom stereocenters. The first-order valence-corrected chi connectivity index (χ1v) is 6.50. The lowest BCUT2D eigenvalue weighted by atomic mass is 9.94. The van der Waals surface area contributed by atoms with E-state index >= 15 is 0 Å². The molecule has 1 N–H and O–H groups in total. The van der Waals surface area contributed by atoms with Crippen LogP contribution in [0.4, 0.5) is 4.79 Å². The first-order valence-electron chi connectivity index (χ1n) is 6.50. The first-order chi connectivity index (χ1) is 7.81. The first kappa shape index (κ1) is 11.5. The van der Waals surface area contributed by atoms with E-state index in [1.807, 2.05) is 4.90 Å². The Labute approximate surface area is 97.9 Å². The molecule has 0 saturated heterocycles. The third-order valence-electron chi connectivity index (χ3n) is 3.51. The lowest BCUT2D eigenvalue weighted by molar-refractivity contribution is 0.195. The number of rotatable bonds is 4. The maximum atomic E-state index is 11.9. The molecule has 2 aliphatic carbocycles. The number of urea groups is 1. The Hall–Kier alpha value is -0.990. The molecule has 2 aliphatic rings. The van der Waals surface area contributed by atoms with Crippen molar-refractivity contribution >= 4 is 6.03 Å². The molecule has 0 heterocycles. The Morgan fingerprint density at radius 1 is 1.38 bits per heavy atom. The van der Waals surface area contributed by atoms with Crippen molar-refractivity contribution < 1.29 is 4.79 Å². The molecule has 1 unspecified atom stereocenters. The zero-order valence-corrected chi connectivity index (χ0v) is 10.1. The largest absolute Gasteiger partial charge is 0.338 e. The van der Waals surface area contributed by atoms with Gasteiger partial charge in [-0.15, -0.1) is 0 Å². The monoisotopic (exact) mass is 222 g/mol. The van der Waals surface area contributed by atoms with Gasteiger partial charge in [0.25, 0.3) is 0 Å². The summed E-state index contributed by atoms with van der Waals surface area (Å²) in [6.45, 7) is 3.73. The highest BCUT2D eigenvalue weighted by Gasteiger charge is 2.31. The molecule has 3 nitrogen and oxygen atoms in total. The summed E-state index contributed by atoms with van der Waals surface area (Å²) in [6, 6.07) is 0.663. The molecular weight excluding hydrogens is 200 g/mol. The third kappa shape index (κ3) is 3.00. The predicted octanol–water partition coefficient (Wildman–Crippen LogP) is 2.54. The molecule has 1 fully saturated rings.